The number of benzene rings is 3. The monoisotopic (exact) mass is 482 g/mol. The summed E-state index contributed by atoms with van der Waals surface area (Å²) in [6, 6.07) is 16.9. The highest BCUT2D eigenvalue weighted by Gasteiger charge is 2.55. The third-order valence-corrected chi connectivity index (χ3v) is 8.11. The molecule has 0 unspecified atom stereocenters. The minimum Gasteiger partial charge on any atom is -0.466 e. The predicted molar refractivity (Wildman–Crippen MR) is 127 cm³/mol. The summed E-state index contributed by atoms with van der Waals surface area (Å²) in [5.41, 5.74) is 1.41. The third kappa shape index (κ3) is 4.53. The van der Waals surface area contributed by atoms with E-state index in [0.717, 1.165) is 16.3 Å². The summed E-state index contributed by atoms with van der Waals surface area (Å²) in [4.78, 5) is 24.1. The van der Waals surface area contributed by atoms with E-state index in [1.165, 1.54) is 16.4 Å². The van der Waals surface area contributed by atoms with Crippen LogP contribution in [0.1, 0.15) is 30.5 Å². The van der Waals surface area contributed by atoms with Crippen LogP contribution in [0.25, 0.3) is 10.8 Å². The van der Waals surface area contributed by atoms with Gasteiger partial charge in [-0.3, -0.25) is 14.9 Å². The molecule has 3 aromatic carbocycles. The van der Waals surface area contributed by atoms with E-state index in [9.17, 15) is 23.3 Å². The number of fused-ring (bicyclic) bond motifs is 1. The summed E-state index contributed by atoms with van der Waals surface area (Å²) in [6.07, 6.45) is -0.233. The van der Waals surface area contributed by atoms with Gasteiger partial charge in [-0.05, 0) is 48.4 Å². The molecule has 0 bridgehead atoms. The number of carbonyl (C=O) groups is 1. The lowest BCUT2D eigenvalue weighted by Crippen LogP contribution is -2.36. The van der Waals surface area contributed by atoms with Crippen molar-refractivity contribution in [1.82, 2.24) is 4.31 Å². The number of aryl methyl sites for hydroxylation is 1. The molecule has 1 saturated heterocycles. The zero-order valence-corrected chi connectivity index (χ0v) is 19.8. The van der Waals surface area contributed by atoms with Gasteiger partial charge in [0.1, 0.15) is 6.04 Å². The molecular weight excluding hydrogens is 456 g/mol. The van der Waals surface area contributed by atoms with Crippen molar-refractivity contribution in [1.29, 1.82) is 0 Å². The van der Waals surface area contributed by atoms with E-state index in [1.807, 2.05) is 37.3 Å². The van der Waals surface area contributed by atoms with Crippen molar-refractivity contribution in [2.45, 2.75) is 37.2 Å². The third-order valence-electron chi connectivity index (χ3n) is 6.25. The van der Waals surface area contributed by atoms with E-state index in [0.29, 0.717) is 5.56 Å². The van der Waals surface area contributed by atoms with Gasteiger partial charge in [-0.15, -0.1) is 0 Å². The number of nitrogens with zero attached hydrogens (tertiary/aromatic N) is 2. The van der Waals surface area contributed by atoms with Crippen LogP contribution in [-0.4, -0.2) is 42.8 Å². The van der Waals surface area contributed by atoms with Crippen molar-refractivity contribution in [2.24, 2.45) is 5.92 Å². The Morgan fingerprint density at radius 1 is 1.09 bits per heavy atom. The summed E-state index contributed by atoms with van der Waals surface area (Å²) in [5, 5.41) is 14.1. The molecule has 0 N–H and O–H groups in total. The van der Waals surface area contributed by atoms with Gasteiger partial charge in [-0.2, -0.15) is 4.31 Å². The van der Waals surface area contributed by atoms with E-state index < -0.39 is 38.9 Å². The van der Waals surface area contributed by atoms with Gasteiger partial charge in [0.05, 0.1) is 23.8 Å². The Morgan fingerprint density at radius 3 is 2.41 bits per heavy atom. The van der Waals surface area contributed by atoms with Crippen molar-refractivity contribution in [3.05, 3.63) is 88.0 Å². The van der Waals surface area contributed by atoms with Gasteiger partial charge < -0.3 is 4.74 Å². The second-order valence-corrected chi connectivity index (χ2v) is 10.4. The normalized spacial score (nSPS) is 20.9. The number of hydrogen-bond acceptors (Lipinski definition) is 6. The quantitative estimate of drug-likeness (QED) is 0.285. The van der Waals surface area contributed by atoms with Crippen LogP contribution in [0.15, 0.2) is 71.6 Å². The fourth-order valence-corrected chi connectivity index (χ4v) is 6.32. The lowest BCUT2D eigenvalue weighted by Gasteiger charge is -2.25. The van der Waals surface area contributed by atoms with Crippen molar-refractivity contribution in [3.8, 4) is 0 Å². The summed E-state index contributed by atoms with van der Waals surface area (Å²) in [7, 11) is -4.08. The molecule has 0 saturated carbocycles. The molecule has 3 atom stereocenters. The van der Waals surface area contributed by atoms with E-state index in [-0.39, 0.29) is 24.5 Å². The Hall–Kier alpha value is -3.30. The number of rotatable bonds is 7. The molecule has 0 amide bonds. The second kappa shape index (κ2) is 9.52. The van der Waals surface area contributed by atoms with Gasteiger partial charge in [0.2, 0.25) is 16.1 Å². The largest absolute Gasteiger partial charge is 0.466 e. The Labute approximate surface area is 198 Å². The molecule has 3 aromatic rings. The van der Waals surface area contributed by atoms with Crippen LogP contribution in [0, 0.1) is 23.0 Å². The number of ether oxygens (including phenoxy) is 1. The molecule has 34 heavy (non-hydrogen) atoms. The Bertz CT molecular complexity index is 1320. The molecule has 0 radical (unpaired) electrons. The number of carbonyl (C=O) groups excluding carboxylic acids is 1. The molecule has 1 aliphatic rings. The van der Waals surface area contributed by atoms with Crippen LogP contribution in [0.2, 0.25) is 0 Å². The van der Waals surface area contributed by atoms with Crippen LogP contribution in [0.3, 0.4) is 0 Å². The first-order valence-electron chi connectivity index (χ1n) is 11.1. The van der Waals surface area contributed by atoms with E-state index >= 15 is 0 Å². The maximum Gasteiger partial charge on any atom is 0.306 e. The molecule has 0 aromatic heterocycles. The zero-order valence-electron chi connectivity index (χ0n) is 19.0. The molecular formula is C25H26N2O6S. The highest BCUT2D eigenvalue weighted by molar-refractivity contribution is 7.89. The van der Waals surface area contributed by atoms with Gasteiger partial charge in [-0.1, -0.05) is 54.1 Å². The van der Waals surface area contributed by atoms with Crippen LogP contribution in [0.5, 0.6) is 0 Å². The standard InChI is InChI=1S/C25H26N2O6S/c1-3-33-23(28)15-21-16-26(34(31,32)22-12-8-17(2)9-13-22)24(25(21)27(29)30)20-11-10-18-6-4-5-7-19(18)14-20/h4-14,21,24-25H,3,15-16H2,1-2H3/t21-,24-,25+/m1/s1. The summed E-state index contributed by atoms with van der Waals surface area (Å²) >= 11 is 0. The molecule has 0 spiro atoms. The summed E-state index contributed by atoms with van der Waals surface area (Å²) in [5.74, 6) is -1.41. The molecule has 9 heteroatoms. The summed E-state index contributed by atoms with van der Waals surface area (Å²) < 4.78 is 33.6. The highest BCUT2D eigenvalue weighted by Crippen LogP contribution is 2.43. The Morgan fingerprint density at radius 2 is 1.76 bits per heavy atom. The summed E-state index contributed by atoms with van der Waals surface area (Å²) in [6.45, 7) is 3.50. The first-order valence-corrected chi connectivity index (χ1v) is 12.5. The fourth-order valence-electron chi connectivity index (χ4n) is 4.64. The smallest absolute Gasteiger partial charge is 0.306 e. The van der Waals surface area contributed by atoms with Gasteiger partial charge in [0, 0.05) is 11.5 Å². The van der Waals surface area contributed by atoms with Gasteiger partial charge in [0.15, 0.2) is 0 Å². The number of hydrogen-bond donors (Lipinski definition) is 0. The van der Waals surface area contributed by atoms with Gasteiger partial charge in [-0.25, -0.2) is 8.42 Å². The van der Waals surface area contributed by atoms with Crippen LogP contribution >= 0.6 is 0 Å². The lowest BCUT2D eigenvalue weighted by molar-refractivity contribution is -0.532. The molecule has 1 heterocycles. The van der Waals surface area contributed by atoms with E-state index in [2.05, 4.69) is 0 Å². The van der Waals surface area contributed by atoms with E-state index in [1.54, 1.807) is 31.2 Å². The highest BCUT2D eigenvalue weighted by atomic mass is 32.2. The maximum atomic E-state index is 13.7. The minimum absolute atomic E-state index is 0.0581. The van der Waals surface area contributed by atoms with Crippen LogP contribution in [0.4, 0.5) is 0 Å². The van der Waals surface area contributed by atoms with Gasteiger partial charge in [0.25, 0.3) is 0 Å². The van der Waals surface area contributed by atoms with Crippen molar-refractivity contribution >= 4 is 26.8 Å². The first kappa shape index (κ1) is 23.8. The average Bonchev–Trinajstić information content (AvgIpc) is 3.19. The maximum absolute atomic E-state index is 13.7. The molecule has 1 fully saturated rings. The second-order valence-electron chi connectivity index (χ2n) is 8.48. The molecule has 8 nitrogen and oxygen atoms in total. The molecule has 0 aliphatic carbocycles. The van der Waals surface area contributed by atoms with E-state index in [4.69, 9.17) is 4.74 Å². The van der Waals surface area contributed by atoms with Crippen LogP contribution < -0.4 is 0 Å². The Balaban J connectivity index is 1.84. The minimum atomic E-state index is -4.08. The Kier molecular flexibility index (Phi) is 6.67. The average molecular weight is 483 g/mol. The lowest BCUT2D eigenvalue weighted by atomic mass is 9.91. The molecule has 4 rings (SSSR count). The van der Waals surface area contributed by atoms with Crippen LogP contribution in [-0.2, 0) is 19.6 Å². The number of esters is 1. The van der Waals surface area contributed by atoms with Crippen molar-refractivity contribution < 1.29 is 22.9 Å². The first-order chi connectivity index (χ1) is 16.2. The predicted octanol–water partition coefficient (Wildman–Crippen LogP) is 4.11. The fraction of sp³-hybridized carbons (Fsp3) is 0.320. The van der Waals surface area contributed by atoms with Crippen molar-refractivity contribution in [2.75, 3.05) is 13.2 Å². The topological polar surface area (TPSA) is 107 Å². The molecule has 1 aliphatic heterocycles. The number of nitro groups is 1. The van der Waals surface area contributed by atoms with Crippen molar-refractivity contribution in [3.63, 3.8) is 0 Å². The van der Waals surface area contributed by atoms with Gasteiger partial charge >= 0.3 is 5.97 Å². The SMILES string of the molecule is CCOC(=O)C[C@@H]1CN(S(=O)(=O)c2ccc(C)cc2)[C@H](c2ccc3ccccc3c2)[C@H]1[N+](=O)[O-]. The number of sulfonamides is 1. The zero-order chi connectivity index (χ0) is 24.5. The molecule has 178 valence electrons.